The van der Waals surface area contributed by atoms with Crippen molar-refractivity contribution in [2.75, 3.05) is 0 Å². The van der Waals surface area contributed by atoms with Crippen LogP contribution < -0.4 is 0 Å². The van der Waals surface area contributed by atoms with E-state index in [2.05, 4.69) is 20.5 Å². The number of hydrogen-bond donors (Lipinski definition) is 0. The third-order valence-electron chi connectivity index (χ3n) is 4.25. The van der Waals surface area contributed by atoms with E-state index in [-0.39, 0.29) is 0 Å². The van der Waals surface area contributed by atoms with Crippen molar-refractivity contribution >= 4 is 39.9 Å². The van der Waals surface area contributed by atoms with Crippen LogP contribution in [0, 0.1) is 0 Å². The SMILES string of the molecule is Clc1ccc(-n2cc(-c3ccccc3)c3c2ncn2nnnc32)cc1Cl. The summed E-state index contributed by atoms with van der Waals surface area (Å²) in [6, 6.07) is 15.5. The number of tetrazole rings is 1. The molecule has 2 aromatic carbocycles. The monoisotopic (exact) mass is 380 g/mol. The van der Waals surface area contributed by atoms with Gasteiger partial charge in [-0.1, -0.05) is 53.5 Å². The molecule has 3 heterocycles. The van der Waals surface area contributed by atoms with E-state index in [0.29, 0.717) is 15.7 Å². The second-order valence-electron chi connectivity index (χ2n) is 5.77. The fraction of sp³-hybridized carbons (Fsp3) is 0. The smallest absolute Gasteiger partial charge is 0.192 e. The molecule has 0 radical (unpaired) electrons. The summed E-state index contributed by atoms with van der Waals surface area (Å²) < 4.78 is 3.53. The molecule has 126 valence electrons. The van der Waals surface area contributed by atoms with Crippen LogP contribution in [-0.4, -0.2) is 29.6 Å². The predicted molar refractivity (Wildman–Crippen MR) is 101 cm³/mol. The van der Waals surface area contributed by atoms with Crippen molar-refractivity contribution in [1.29, 1.82) is 0 Å². The minimum Gasteiger partial charge on any atom is -0.300 e. The molecule has 0 unspecified atom stereocenters. The van der Waals surface area contributed by atoms with Crippen LogP contribution in [0.25, 0.3) is 33.5 Å². The molecule has 0 bridgehead atoms. The van der Waals surface area contributed by atoms with Gasteiger partial charge in [-0.3, -0.25) is 0 Å². The molecule has 0 fully saturated rings. The summed E-state index contributed by atoms with van der Waals surface area (Å²) in [5, 5.41) is 13.8. The minimum absolute atomic E-state index is 0.484. The summed E-state index contributed by atoms with van der Waals surface area (Å²) in [6.45, 7) is 0. The van der Waals surface area contributed by atoms with Crippen LogP contribution in [0.5, 0.6) is 0 Å². The average Bonchev–Trinajstić information content (AvgIpc) is 3.28. The lowest BCUT2D eigenvalue weighted by Crippen LogP contribution is -1.96. The fourth-order valence-electron chi connectivity index (χ4n) is 3.06. The zero-order valence-electron chi connectivity index (χ0n) is 13.2. The Morgan fingerprint density at radius 1 is 0.885 bits per heavy atom. The van der Waals surface area contributed by atoms with E-state index in [1.54, 1.807) is 16.9 Å². The first kappa shape index (κ1) is 15.3. The minimum atomic E-state index is 0.484. The summed E-state index contributed by atoms with van der Waals surface area (Å²) in [5.74, 6) is 0. The van der Waals surface area contributed by atoms with Crippen LogP contribution in [0.15, 0.2) is 61.1 Å². The Kier molecular flexibility index (Phi) is 3.41. The molecule has 26 heavy (non-hydrogen) atoms. The van der Waals surface area contributed by atoms with Crippen LogP contribution in [0.4, 0.5) is 0 Å². The van der Waals surface area contributed by atoms with Crippen molar-refractivity contribution in [3.05, 3.63) is 71.1 Å². The highest BCUT2D eigenvalue weighted by atomic mass is 35.5. The molecule has 5 rings (SSSR count). The van der Waals surface area contributed by atoms with E-state index in [9.17, 15) is 0 Å². The van der Waals surface area contributed by atoms with Gasteiger partial charge < -0.3 is 4.57 Å². The maximum Gasteiger partial charge on any atom is 0.192 e. The van der Waals surface area contributed by atoms with Crippen molar-refractivity contribution in [2.24, 2.45) is 0 Å². The van der Waals surface area contributed by atoms with Crippen LogP contribution in [0.2, 0.25) is 10.0 Å². The van der Waals surface area contributed by atoms with Crippen molar-refractivity contribution in [1.82, 2.24) is 29.6 Å². The molecule has 3 aromatic heterocycles. The van der Waals surface area contributed by atoms with Gasteiger partial charge in [0.1, 0.15) is 6.33 Å². The summed E-state index contributed by atoms with van der Waals surface area (Å²) in [7, 11) is 0. The number of rotatable bonds is 2. The zero-order chi connectivity index (χ0) is 17.7. The number of hydrogen-bond acceptors (Lipinski definition) is 4. The lowest BCUT2D eigenvalue weighted by Gasteiger charge is -2.06. The first-order valence-corrected chi connectivity index (χ1v) is 8.56. The molecule has 0 N–H and O–H groups in total. The number of fused-ring (bicyclic) bond motifs is 3. The molecule has 0 saturated carbocycles. The summed E-state index contributed by atoms with van der Waals surface area (Å²) in [6.07, 6.45) is 3.61. The Hall–Kier alpha value is -2.96. The second-order valence-corrected chi connectivity index (χ2v) is 6.58. The van der Waals surface area contributed by atoms with Gasteiger partial charge in [-0.15, -0.1) is 5.10 Å². The Morgan fingerprint density at radius 2 is 1.73 bits per heavy atom. The van der Waals surface area contributed by atoms with E-state index in [0.717, 1.165) is 27.8 Å². The zero-order valence-corrected chi connectivity index (χ0v) is 14.7. The van der Waals surface area contributed by atoms with Gasteiger partial charge in [-0.2, -0.15) is 4.52 Å². The maximum atomic E-state index is 6.21. The molecular formula is C18H10Cl2N6. The number of benzene rings is 2. The van der Waals surface area contributed by atoms with Gasteiger partial charge in [-0.05, 0) is 34.2 Å². The molecule has 0 aliphatic carbocycles. The highest BCUT2D eigenvalue weighted by molar-refractivity contribution is 6.42. The summed E-state index contributed by atoms with van der Waals surface area (Å²) in [5.41, 5.74) is 4.28. The topological polar surface area (TPSA) is 60.9 Å². The molecular weight excluding hydrogens is 371 g/mol. The van der Waals surface area contributed by atoms with Crippen molar-refractivity contribution in [3.8, 4) is 16.8 Å². The third-order valence-corrected chi connectivity index (χ3v) is 4.99. The lowest BCUT2D eigenvalue weighted by molar-refractivity contribution is 0.811. The molecule has 0 aliphatic heterocycles. The quantitative estimate of drug-likeness (QED) is 0.454. The maximum absolute atomic E-state index is 6.21. The Labute approximate surface area is 157 Å². The molecule has 8 heteroatoms. The lowest BCUT2D eigenvalue weighted by atomic mass is 10.1. The second kappa shape index (κ2) is 5.79. The normalized spacial score (nSPS) is 11.5. The van der Waals surface area contributed by atoms with E-state index in [4.69, 9.17) is 23.2 Å². The first-order chi connectivity index (χ1) is 12.7. The van der Waals surface area contributed by atoms with Gasteiger partial charge in [0.15, 0.2) is 11.3 Å². The Morgan fingerprint density at radius 3 is 2.54 bits per heavy atom. The summed E-state index contributed by atoms with van der Waals surface area (Å²) in [4.78, 5) is 4.56. The van der Waals surface area contributed by atoms with Gasteiger partial charge in [-0.25, -0.2) is 4.98 Å². The number of aromatic nitrogens is 6. The average molecular weight is 381 g/mol. The third kappa shape index (κ3) is 2.27. The Balaban J connectivity index is 1.89. The van der Waals surface area contributed by atoms with Crippen LogP contribution >= 0.6 is 23.2 Å². The van der Waals surface area contributed by atoms with Crippen molar-refractivity contribution in [2.45, 2.75) is 0 Å². The molecule has 0 aliphatic rings. The van der Waals surface area contributed by atoms with Gasteiger partial charge >= 0.3 is 0 Å². The molecule has 0 atom stereocenters. The first-order valence-electron chi connectivity index (χ1n) is 7.81. The van der Waals surface area contributed by atoms with Gasteiger partial charge in [0.25, 0.3) is 0 Å². The van der Waals surface area contributed by atoms with Gasteiger partial charge in [0.05, 0.1) is 15.4 Å². The highest BCUT2D eigenvalue weighted by Crippen LogP contribution is 2.34. The molecule has 0 amide bonds. The van der Waals surface area contributed by atoms with Crippen LogP contribution in [-0.2, 0) is 0 Å². The van der Waals surface area contributed by atoms with Crippen molar-refractivity contribution < 1.29 is 0 Å². The largest absolute Gasteiger partial charge is 0.300 e. The molecule has 0 spiro atoms. The molecule has 6 nitrogen and oxygen atoms in total. The summed E-state index contributed by atoms with van der Waals surface area (Å²) >= 11 is 12.3. The Bertz CT molecular complexity index is 1260. The number of halogens is 2. The molecule has 5 aromatic rings. The van der Waals surface area contributed by atoms with Crippen LogP contribution in [0.3, 0.4) is 0 Å². The van der Waals surface area contributed by atoms with E-state index >= 15 is 0 Å². The highest BCUT2D eigenvalue weighted by Gasteiger charge is 2.18. The standard InChI is InChI=1S/C18H10Cl2N6/c19-14-7-6-12(8-15(14)20)25-9-13(11-4-2-1-3-5-11)16-17(25)21-10-26-18(16)22-23-24-26/h1-10H. The van der Waals surface area contributed by atoms with Gasteiger partial charge in [0, 0.05) is 17.4 Å². The fourth-order valence-corrected chi connectivity index (χ4v) is 3.35. The van der Waals surface area contributed by atoms with Gasteiger partial charge in [0.2, 0.25) is 0 Å². The number of nitrogens with zero attached hydrogens (tertiary/aromatic N) is 6. The predicted octanol–water partition coefficient (Wildman–Crippen LogP) is 4.44. The van der Waals surface area contributed by atoms with E-state index in [1.807, 2.05) is 53.2 Å². The van der Waals surface area contributed by atoms with Crippen LogP contribution in [0.1, 0.15) is 0 Å². The van der Waals surface area contributed by atoms with Crippen molar-refractivity contribution in [3.63, 3.8) is 0 Å². The van der Waals surface area contributed by atoms with E-state index < -0.39 is 0 Å². The molecule has 0 saturated heterocycles. The van der Waals surface area contributed by atoms with E-state index in [1.165, 1.54) is 0 Å².